The van der Waals surface area contributed by atoms with Gasteiger partial charge in [-0.2, -0.15) is 0 Å². The minimum atomic E-state index is -1.99. The van der Waals surface area contributed by atoms with E-state index in [1.165, 1.54) is 19.2 Å². The summed E-state index contributed by atoms with van der Waals surface area (Å²) in [5, 5.41) is 21.2. The third-order valence-corrected chi connectivity index (χ3v) is 6.75. The Morgan fingerprint density at radius 3 is 2.21 bits per heavy atom. The molecule has 0 saturated heterocycles. The number of aliphatic carboxylic acids is 1. The van der Waals surface area contributed by atoms with Crippen LogP contribution in [0.5, 0.6) is 5.75 Å². The van der Waals surface area contributed by atoms with E-state index in [-0.39, 0.29) is 42.4 Å². The van der Waals surface area contributed by atoms with Crippen molar-refractivity contribution in [3.8, 4) is 16.9 Å². The van der Waals surface area contributed by atoms with Crippen molar-refractivity contribution < 1.29 is 33.8 Å². The second-order valence-corrected chi connectivity index (χ2v) is 8.93. The van der Waals surface area contributed by atoms with E-state index < -0.39 is 28.7 Å². The van der Waals surface area contributed by atoms with Gasteiger partial charge in [-0.1, -0.05) is 55.5 Å². The highest BCUT2D eigenvalue weighted by molar-refractivity contribution is 5.80. The van der Waals surface area contributed by atoms with Crippen molar-refractivity contribution in [2.75, 3.05) is 13.7 Å². The van der Waals surface area contributed by atoms with E-state index in [4.69, 9.17) is 19.9 Å². The van der Waals surface area contributed by atoms with Gasteiger partial charge in [0.25, 0.3) is 5.69 Å². The summed E-state index contributed by atoms with van der Waals surface area (Å²) in [5.74, 6) is -4.25. The number of carboxylic acid groups (broad SMARTS) is 1. The molecule has 1 aliphatic rings. The number of esters is 1. The second kappa shape index (κ2) is 11.0. The van der Waals surface area contributed by atoms with Crippen LogP contribution in [0.1, 0.15) is 36.0 Å². The number of nitro groups is 1. The maximum Gasteiger partial charge on any atom is 0.377 e. The number of nitro benzene ring substituents is 1. The number of methoxy groups -OCH3 is 1. The predicted octanol–water partition coefficient (Wildman–Crippen LogP) is 4.04. The van der Waals surface area contributed by atoms with Crippen LogP contribution in [0.4, 0.5) is 5.69 Å². The zero-order valence-corrected chi connectivity index (χ0v) is 21.0. The molecule has 3 N–H and O–H groups in total. The normalized spacial score (nSPS) is 14.6. The van der Waals surface area contributed by atoms with Gasteiger partial charge in [-0.3, -0.25) is 14.9 Å². The van der Waals surface area contributed by atoms with Gasteiger partial charge in [-0.05, 0) is 34.4 Å². The van der Waals surface area contributed by atoms with Gasteiger partial charge in [0, 0.05) is 31.4 Å². The fourth-order valence-electron chi connectivity index (χ4n) is 4.71. The summed E-state index contributed by atoms with van der Waals surface area (Å²) in [4.78, 5) is 35.5. The Kier molecular flexibility index (Phi) is 7.75. The smallest absolute Gasteiger partial charge is 0.377 e. The Balaban J connectivity index is 1.47. The van der Waals surface area contributed by atoms with Crippen LogP contribution >= 0.6 is 0 Å². The van der Waals surface area contributed by atoms with Crippen molar-refractivity contribution in [2.24, 2.45) is 5.73 Å². The Bertz CT molecular complexity index is 1320. The molecule has 10 heteroatoms. The van der Waals surface area contributed by atoms with Gasteiger partial charge in [-0.15, -0.1) is 0 Å². The number of rotatable bonds is 11. The summed E-state index contributed by atoms with van der Waals surface area (Å²) < 4.78 is 16.1. The van der Waals surface area contributed by atoms with Crippen molar-refractivity contribution in [1.82, 2.24) is 0 Å². The molecule has 0 aromatic heterocycles. The minimum Gasteiger partial charge on any atom is -0.476 e. The van der Waals surface area contributed by atoms with Gasteiger partial charge in [0.05, 0.1) is 11.0 Å². The number of hydrogen-bond acceptors (Lipinski definition) is 8. The second-order valence-electron chi connectivity index (χ2n) is 8.93. The molecule has 0 aliphatic heterocycles. The van der Waals surface area contributed by atoms with Gasteiger partial charge in [0.15, 0.2) is 0 Å². The van der Waals surface area contributed by atoms with E-state index in [1.54, 1.807) is 6.92 Å². The van der Waals surface area contributed by atoms with E-state index in [9.17, 15) is 24.8 Å². The maximum atomic E-state index is 12.8. The van der Waals surface area contributed by atoms with Gasteiger partial charge >= 0.3 is 17.7 Å². The van der Waals surface area contributed by atoms with Crippen LogP contribution in [0.2, 0.25) is 0 Å². The molecule has 10 nitrogen and oxygen atoms in total. The SMILES string of the molecule is CCC(OC)(Oc1ccc(CC(N)C(=O)OCC2c3ccccc3-c3ccccc32)c([N+](=O)[O-])c1)C(=O)O. The van der Waals surface area contributed by atoms with Crippen molar-refractivity contribution in [2.45, 2.75) is 37.5 Å². The first-order valence-corrected chi connectivity index (χ1v) is 12.1. The lowest BCUT2D eigenvalue weighted by atomic mass is 9.98. The number of hydrogen-bond donors (Lipinski definition) is 2. The number of carbonyl (C=O) groups is 2. The molecule has 0 spiro atoms. The Labute approximate surface area is 219 Å². The van der Waals surface area contributed by atoms with E-state index in [1.807, 2.05) is 48.5 Å². The largest absolute Gasteiger partial charge is 0.476 e. The quantitative estimate of drug-likeness (QED) is 0.165. The molecule has 2 unspecified atom stereocenters. The number of nitrogens with two attached hydrogens (primary N) is 1. The lowest BCUT2D eigenvalue weighted by Gasteiger charge is -2.27. The first-order chi connectivity index (χ1) is 18.2. The van der Waals surface area contributed by atoms with E-state index in [0.29, 0.717) is 0 Å². The predicted molar refractivity (Wildman–Crippen MR) is 138 cm³/mol. The molecule has 0 saturated carbocycles. The lowest BCUT2D eigenvalue weighted by molar-refractivity contribution is -0.385. The molecule has 4 rings (SSSR count). The molecule has 198 valence electrons. The van der Waals surface area contributed by atoms with Crippen LogP contribution in [0.15, 0.2) is 66.7 Å². The third-order valence-electron chi connectivity index (χ3n) is 6.75. The van der Waals surface area contributed by atoms with E-state index >= 15 is 0 Å². The number of carboxylic acids is 1. The number of benzene rings is 3. The molecule has 0 fully saturated rings. The number of ether oxygens (including phenoxy) is 3. The third kappa shape index (κ3) is 5.09. The topological polar surface area (TPSA) is 151 Å². The Morgan fingerprint density at radius 1 is 1.08 bits per heavy atom. The minimum absolute atomic E-state index is 0.0406. The average Bonchev–Trinajstić information content (AvgIpc) is 3.24. The Morgan fingerprint density at radius 2 is 1.68 bits per heavy atom. The molecular formula is C28H28N2O8. The summed E-state index contributed by atoms with van der Waals surface area (Å²) in [6, 6.07) is 18.5. The van der Waals surface area contributed by atoms with Gasteiger partial charge in [-0.25, -0.2) is 4.79 Å². The number of nitrogens with zero attached hydrogens (tertiary/aromatic N) is 1. The molecule has 0 amide bonds. The highest BCUT2D eigenvalue weighted by atomic mass is 16.7. The standard InChI is InChI=1S/C28H28N2O8/c1-3-28(36-2,27(32)33)38-18-13-12-17(25(15-18)30(34)35)14-24(29)26(31)37-16-23-21-10-6-4-8-19(21)20-9-5-7-11-22(20)23/h4-13,15,23-24H,3,14,16,29H2,1-2H3,(H,32,33). The van der Waals surface area contributed by atoms with Gasteiger partial charge in [0.2, 0.25) is 0 Å². The van der Waals surface area contributed by atoms with Crippen molar-refractivity contribution in [3.05, 3.63) is 93.5 Å². The highest BCUT2D eigenvalue weighted by Gasteiger charge is 2.40. The maximum absolute atomic E-state index is 12.8. The van der Waals surface area contributed by atoms with Crippen LogP contribution in [0.3, 0.4) is 0 Å². The summed E-state index contributed by atoms with van der Waals surface area (Å²) >= 11 is 0. The highest BCUT2D eigenvalue weighted by Crippen LogP contribution is 2.44. The van der Waals surface area contributed by atoms with E-state index in [2.05, 4.69) is 0 Å². The monoisotopic (exact) mass is 520 g/mol. The zero-order chi connectivity index (χ0) is 27.4. The summed E-state index contributed by atoms with van der Waals surface area (Å²) in [6.07, 6.45) is -0.198. The van der Waals surface area contributed by atoms with Crippen molar-refractivity contribution in [1.29, 1.82) is 0 Å². The van der Waals surface area contributed by atoms with Gasteiger partial charge < -0.3 is 25.1 Å². The first kappa shape index (κ1) is 26.8. The van der Waals surface area contributed by atoms with Crippen LogP contribution in [0.25, 0.3) is 11.1 Å². The fraction of sp³-hybridized carbons (Fsp3) is 0.286. The Hall–Kier alpha value is -4.28. The van der Waals surface area contributed by atoms with Crippen molar-refractivity contribution in [3.63, 3.8) is 0 Å². The molecule has 3 aromatic carbocycles. The molecule has 3 aromatic rings. The first-order valence-electron chi connectivity index (χ1n) is 12.1. The van der Waals surface area contributed by atoms with Crippen LogP contribution in [-0.4, -0.2) is 47.5 Å². The molecule has 2 atom stereocenters. The van der Waals surface area contributed by atoms with E-state index in [0.717, 1.165) is 28.3 Å². The summed E-state index contributed by atoms with van der Waals surface area (Å²) in [5.41, 5.74) is 10.2. The molecule has 38 heavy (non-hydrogen) atoms. The zero-order valence-electron chi connectivity index (χ0n) is 21.0. The van der Waals surface area contributed by atoms with Gasteiger partial charge in [0.1, 0.15) is 18.4 Å². The molecule has 0 bridgehead atoms. The number of fused-ring (bicyclic) bond motifs is 3. The molecule has 1 aliphatic carbocycles. The molecule has 0 radical (unpaired) electrons. The molecule has 0 heterocycles. The molecular weight excluding hydrogens is 492 g/mol. The van der Waals surface area contributed by atoms with Crippen LogP contribution < -0.4 is 10.5 Å². The average molecular weight is 521 g/mol. The summed E-state index contributed by atoms with van der Waals surface area (Å²) in [6.45, 7) is 1.63. The van der Waals surface area contributed by atoms with Crippen LogP contribution in [0, 0.1) is 10.1 Å². The van der Waals surface area contributed by atoms with Crippen molar-refractivity contribution >= 4 is 17.6 Å². The number of carbonyl (C=O) groups excluding carboxylic acids is 1. The van der Waals surface area contributed by atoms with Crippen LogP contribution in [-0.2, 0) is 25.5 Å². The lowest BCUT2D eigenvalue weighted by Crippen LogP contribution is -2.45. The summed E-state index contributed by atoms with van der Waals surface area (Å²) in [7, 11) is 1.17. The fourth-order valence-corrected chi connectivity index (χ4v) is 4.71.